The van der Waals surface area contributed by atoms with Gasteiger partial charge in [-0.05, 0) is 24.8 Å². The van der Waals surface area contributed by atoms with Gasteiger partial charge in [0.2, 0.25) is 5.91 Å². The number of ether oxygens (including phenoxy) is 1. The van der Waals surface area contributed by atoms with Gasteiger partial charge in [-0.1, -0.05) is 44.2 Å². The molecule has 0 bridgehead atoms. The van der Waals surface area contributed by atoms with Crippen molar-refractivity contribution in [1.29, 1.82) is 0 Å². The van der Waals surface area contributed by atoms with Gasteiger partial charge in [0.1, 0.15) is 0 Å². The van der Waals surface area contributed by atoms with E-state index in [1.807, 2.05) is 35.2 Å². The Labute approximate surface area is 196 Å². The monoisotopic (exact) mass is 456 g/mol. The van der Waals surface area contributed by atoms with E-state index in [2.05, 4.69) is 24.1 Å². The number of esters is 1. The third-order valence-corrected chi connectivity index (χ3v) is 6.10. The fourth-order valence-corrected chi connectivity index (χ4v) is 4.36. The van der Waals surface area contributed by atoms with E-state index in [0.717, 1.165) is 25.1 Å². The molecule has 3 amide bonds. The zero-order valence-electron chi connectivity index (χ0n) is 20.2. The summed E-state index contributed by atoms with van der Waals surface area (Å²) in [5.41, 5.74) is 1.94. The highest BCUT2D eigenvalue weighted by Crippen LogP contribution is 2.31. The number of likely N-dealkylation sites (N-methyl/N-ethyl adjacent to an activating group) is 1. The maximum absolute atomic E-state index is 13.1. The van der Waals surface area contributed by atoms with Gasteiger partial charge < -0.3 is 15.0 Å². The molecule has 33 heavy (non-hydrogen) atoms. The largest absolute Gasteiger partial charge is 0.463 e. The predicted molar refractivity (Wildman–Crippen MR) is 126 cm³/mol. The van der Waals surface area contributed by atoms with Crippen LogP contribution in [0.1, 0.15) is 45.2 Å². The number of hydrogen-bond donors (Lipinski definition) is 1. The minimum Gasteiger partial charge on any atom is -0.463 e. The highest BCUT2D eigenvalue weighted by molar-refractivity contribution is 5.95. The summed E-state index contributed by atoms with van der Waals surface area (Å²) in [5.74, 6) is 0.104. The van der Waals surface area contributed by atoms with Gasteiger partial charge in [-0.2, -0.15) is 0 Å². The third-order valence-electron chi connectivity index (χ3n) is 6.10. The van der Waals surface area contributed by atoms with Crippen LogP contribution in [0.5, 0.6) is 0 Å². The van der Waals surface area contributed by atoms with Crippen molar-refractivity contribution in [2.45, 2.75) is 39.7 Å². The van der Waals surface area contributed by atoms with Gasteiger partial charge in [-0.3, -0.25) is 14.6 Å². The standard InChI is InChI=1S/C25H36N4O4/c1-5-33-24(31)22-20(27(4)25(32)26-23(22)19-10-7-6-8-11-19)17-28-12-9-13-29(15-14-28)21(30)16-18(2)3/h6-8,10-11,18,23H,5,9,12-17H2,1-4H3,(H,26,32). The Hall–Kier alpha value is -2.87. The summed E-state index contributed by atoms with van der Waals surface area (Å²) < 4.78 is 5.40. The summed E-state index contributed by atoms with van der Waals surface area (Å²) in [5, 5.41) is 2.95. The summed E-state index contributed by atoms with van der Waals surface area (Å²) in [4.78, 5) is 44.1. The molecule has 8 heteroatoms. The second-order valence-corrected chi connectivity index (χ2v) is 9.04. The molecular weight excluding hydrogens is 420 g/mol. The van der Waals surface area contributed by atoms with E-state index >= 15 is 0 Å². The van der Waals surface area contributed by atoms with E-state index in [1.165, 1.54) is 4.90 Å². The molecular formula is C25H36N4O4. The highest BCUT2D eigenvalue weighted by atomic mass is 16.5. The highest BCUT2D eigenvalue weighted by Gasteiger charge is 2.37. The van der Waals surface area contributed by atoms with Gasteiger partial charge in [0.25, 0.3) is 0 Å². The van der Waals surface area contributed by atoms with Crippen LogP contribution in [0.15, 0.2) is 41.6 Å². The SMILES string of the molecule is CCOC(=O)C1=C(CN2CCCN(C(=O)CC(C)C)CC2)N(C)C(=O)NC1c1ccccc1. The minimum atomic E-state index is -0.569. The molecule has 1 saturated heterocycles. The Morgan fingerprint density at radius 1 is 1.12 bits per heavy atom. The van der Waals surface area contributed by atoms with Crippen molar-refractivity contribution in [1.82, 2.24) is 20.0 Å². The van der Waals surface area contributed by atoms with Gasteiger partial charge in [0, 0.05) is 51.9 Å². The summed E-state index contributed by atoms with van der Waals surface area (Å²) in [7, 11) is 1.68. The first kappa shape index (κ1) is 24.8. The van der Waals surface area contributed by atoms with E-state index in [1.54, 1.807) is 14.0 Å². The van der Waals surface area contributed by atoms with Gasteiger partial charge in [0.15, 0.2) is 0 Å². The zero-order valence-corrected chi connectivity index (χ0v) is 20.2. The summed E-state index contributed by atoms with van der Waals surface area (Å²) in [6.45, 7) is 9.43. The molecule has 180 valence electrons. The van der Waals surface area contributed by atoms with Gasteiger partial charge in [-0.25, -0.2) is 9.59 Å². The average molecular weight is 457 g/mol. The molecule has 0 saturated carbocycles. The van der Waals surface area contributed by atoms with Crippen molar-refractivity contribution in [2.75, 3.05) is 46.4 Å². The smallest absolute Gasteiger partial charge is 0.338 e. The van der Waals surface area contributed by atoms with Crippen LogP contribution >= 0.6 is 0 Å². The van der Waals surface area contributed by atoms with Crippen molar-refractivity contribution < 1.29 is 19.1 Å². The van der Waals surface area contributed by atoms with E-state index in [-0.39, 0.29) is 18.5 Å². The number of urea groups is 1. The molecule has 3 rings (SSSR count). The molecule has 1 atom stereocenters. The Morgan fingerprint density at radius 2 is 1.85 bits per heavy atom. The number of nitrogens with one attached hydrogen (secondary N) is 1. The van der Waals surface area contributed by atoms with Crippen LogP contribution in [0.3, 0.4) is 0 Å². The normalized spacial score (nSPS) is 20.0. The van der Waals surface area contributed by atoms with Crippen molar-refractivity contribution in [3.63, 3.8) is 0 Å². The molecule has 2 aliphatic rings. The van der Waals surface area contributed by atoms with Crippen LogP contribution in [0, 0.1) is 5.92 Å². The Kier molecular flexibility index (Phi) is 8.49. The van der Waals surface area contributed by atoms with Crippen molar-refractivity contribution in [2.24, 2.45) is 5.92 Å². The van der Waals surface area contributed by atoms with E-state index in [4.69, 9.17) is 4.74 Å². The predicted octanol–water partition coefficient (Wildman–Crippen LogP) is 2.78. The Balaban J connectivity index is 1.87. The lowest BCUT2D eigenvalue weighted by molar-refractivity contribution is -0.139. The first-order valence-corrected chi connectivity index (χ1v) is 11.8. The lowest BCUT2D eigenvalue weighted by Crippen LogP contribution is -2.49. The van der Waals surface area contributed by atoms with Crippen LogP contribution in [0.4, 0.5) is 4.79 Å². The number of rotatable bonds is 7. The number of carbonyl (C=O) groups excluding carboxylic acids is 3. The lowest BCUT2D eigenvalue weighted by Gasteiger charge is -2.36. The second kappa shape index (κ2) is 11.3. The molecule has 1 aromatic rings. The van der Waals surface area contributed by atoms with Crippen molar-refractivity contribution in [3.8, 4) is 0 Å². The number of hydrogen-bond acceptors (Lipinski definition) is 5. The van der Waals surface area contributed by atoms with Crippen LogP contribution in [0.2, 0.25) is 0 Å². The summed E-state index contributed by atoms with van der Waals surface area (Å²) in [6, 6.07) is 8.66. The lowest BCUT2D eigenvalue weighted by atomic mass is 9.94. The maximum atomic E-state index is 13.1. The number of benzene rings is 1. The minimum absolute atomic E-state index is 0.191. The molecule has 1 unspecified atom stereocenters. The maximum Gasteiger partial charge on any atom is 0.338 e. The molecule has 2 aliphatic heterocycles. The van der Waals surface area contributed by atoms with Gasteiger partial charge in [0.05, 0.1) is 18.2 Å². The van der Waals surface area contributed by atoms with E-state index in [9.17, 15) is 14.4 Å². The van der Waals surface area contributed by atoms with E-state index in [0.29, 0.717) is 43.2 Å². The molecule has 1 N–H and O–H groups in total. The average Bonchev–Trinajstić information content (AvgIpc) is 3.02. The quantitative estimate of drug-likeness (QED) is 0.638. The topological polar surface area (TPSA) is 82.2 Å². The molecule has 1 aromatic carbocycles. The van der Waals surface area contributed by atoms with Crippen LogP contribution in [0.25, 0.3) is 0 Å². The molecule has 8 nitrogen and oxygen atoms in total. The Morgan fingerprint density at radius 3 is 2.52 bits per heavy atom. The first-order chi connectivity index (χ1) is 15.8. The molecule has 0 spiro atoms. The molecule has 0 aliphatic carbocycles. The van der Waals surface area contributed by atoms with E-state index < -0.39 is 12.0 Å². The summed E-state index contributed by atoms with van der Waals surface area (Å²) in [6.07, 6.45) is 1.41. The van der Waals surface area contributed by atoms with Gasteiger partial charge >= 0.3 is 12.0 Å². The fraction of sp³-hybridized carbons (Fsp3) is 0.560. The Bertz CT molecular complexity index is 884. The van der Waals surface area contributed by atoms with Crippen LogP contribution < -0.4 is 5.32 Å². The van der Waals surface area contributed by atoms with Crippen molar-refractivity contribution in [3.05, 3.63) is 47.2 Å². The van der Waals surface area contributed by atoms with Gasteiger partial charge in [-0.15, -0.1) is 0 Å². The van der Waals surface area contributed by atoms with Crippen LogP contribution in [-0.2, 0) is 14.3 Å². The number of amides is 3. The first-order valence-electron chi connectivity index (χ1n) is 11.8. The second-order valence-electron chi connectivity index (χ2n) is 9.04. The third kappa shape index (κ3) is 6.13. The number of nitrogens with zero attached hydrogens (tertiary/aromatic N) is 3. The molecule has 0 aromatic heterocycles. The molecule has 0 radical (unpaired) electrons. The molecule has 2 heterocycles. The fourth-order valence-electron chi connectivity index (χ4n) is 4.36. The zero-order chi connectivity index (χ0) is 24.0. The summed E-state index contributed by atoms with van der Waals surface area (Å²) >= 11 is 0. The van der Waals surface area contributed by atoms with Crippen molar-refractivity contribution >= 4 is 17.9 Å². The number of carbonyl (C=O) groups is 3. The molecule has 1 fully saturated rings. The van der Waals surface area contributed by atoms with Crippen LogP contribution in [-0.4, -0.2) is 79.0 Å².